The summed E-state index contributed by atoms with van der Waals surface area (Å²) in [5.74, 6) is 2.32. The molecule has 1 fully saturated rings. The Morgan fingerprint density at radius 3 is 2.53 bits per heavy atom. The molecule has 0 spiro atoms. The SMILES string of the molecule is COc1cccc(N2CCN(Cc3nc(N)nc(NCc4ccccc4)n3)CC2)c1. The summed E-state index contributed by atoms with van der Waals surface area (Å²) >= 11 is 0. The third-order valence-electron chi connectivity index (χ3n) is 5.15. The van der Waals surface area contributed by atoms with Crippen molar-refractivity contribution < 1.29 is 4.74 Å². The minimum atomic E-state index is 0.241. The molecule has 1 aromatic heterocycles. The van der Waals surface area contributed by atoms with E-state index >= 15 is 0 Å². The molecule has 1 aliphatic heterocycles. The molecule has 30 heavy (non-hydrogen) atoms. The zero-order valence-electron chi connectivity index (χ0n) is 17.2. The van der Waals surface area contributed by atoms with E-state index in [1.54, 1.807) is 7.11 Å². The number of nitrogens with one attached hydrogen (secondary N) is 1. The van der Waals surface area contributed by atoms with Gasteiger partial charge in [0.05, 0.1) is 13.7 Å². The summed E-state index contributed by atoms with van der Waals surface area (Å²) in [5.41, 5.74) is 8.26. The number of hydrogen-bond donors (Lipinski definition) is 2. The Morgan fingerprint density at radius 2 is 1.77 bits per heavy atom. The maximum atomic E-state index is 5.92. The number of rotatable bonds is 7. The van der Waals surface area contributed by atoms with Crippen molar-refractivity contribution in [3.63, 3.8) is 0 Å². The van der Waals surface area contributed by atoms with Gasteiger partial charge in [0.25, 0.3) is 0 Å². The smallest absolute Gasteiger partial charge is 0.228 e. The molecule has 3 aromatic rings. The van der Waals surface area contributed by atoms with Gasteiger partial charge in [0.15, 0.2) is 0 Å². The Kier molecular flexibility index (Phi) is 6.24. The van der Waals surface area contributed by atoms with Crippen molar-refractivity contribution in [1.29, 1.82) is 0 Å². The Bertz CT molecular complexity index is 959. The number of nitrogen functional groups attached to an aromatic ring is 1. The number of nitrogens with zero attached hydrogens (tertiary/aromatic N) is 5. The first kappa shape index (κ1) is 19.9. The summed E-state index contributed by atoms with van der Waals surface area (Å²) in [6.07, 6.45) is 0. The number of methoxy groups -OCH3 is 1. The highest BCUT2D eigenvalue weighted by Crippen LogP contribution is 2.22. The fraction of sp³-hybridized carbons (Fsp3) is 0.318. The van der Waals surface area contributed by atoms with Gasteiger partial charge in [-0.15, -0.1) is 0 Å². The second-order valence-corrected chi connectivity index (χ2v) is 7.24. The van der Waals surface area contributed by atoms with Crippen LogP contribution in [0.1, 0.15) is 11.4 Å². The Morgan fingerprint density at radius 1 is 0.967 bits per heavy atom. The Balaban J connectivity index is 1.34. The standard InChI is InChI=1S/C22H27N7O/c1-30-19-9-5-8-18(14-19)29-12-10-28(11-13-29)16-20-25-21(23)27-22(26-20)24-15-17-6-3-2-4-7-17/h2-9,14H,10-13,15-16H2,1H3,(H3,23,24,25,26,27). The average Bonchev–Trinajstić information content (AvgIpc) is 2.79. The molecular formula is C22H27N7O. The predicted octanol–water partition coefficient (Wildman–Crippen LogP) is 2.40. The second-order valence-electron chi connectivity index (χ2n) is 7.24. The lowest BCUT2D eigenvalue weighted by molar-refractivity contribution is 0.244. The number of anilines is 3. The summed E-state index contributed by atoms with van der Waals surface area (Å²) < 4.78 is 5.34. The molecule has 0 radical (unpaired) electrons. The molecule has 3 N–H and O–H groups in total. The van der Waals surface area contributed by atoms with Gasteiger partial charge in [-0.25, -0.2) is 0 Å². The molecule has 0 saturated carbocycles. The summed E-state index contributed by atoms with van der Waals surface area (Å²) in [6.45, 7) is 5.02. The fourth-order valence-corrected chi connectivity index (χ4v) is 3.54. The lowest BCUT2D eigenvalue weighted by atomic mass is 10.2. The van der Waals surface area contributed by atoms with E-state index in [4.69, 9.17) is 10.5 Å². The summed E-state index contributed by atoms with van der Waals surface area (Å²) in [6, 6.07) is 18.3. The van der Waals surface area contributed by atoms with Crippen LogP contribution in [0.3, 0.4) is 0 Å². The Labute approximate surface area is 176 Å². The van der Waals surface area contributed by atoms with Crippen LogP contribution < -0.4 is 20.7 Å². The van der Waals surface area contributed by atoms with Crippen molar-refractivity contribution in [2.24, 2.45) is 0 Å². The second kappa shape index (κ2) is 9.41. The molecule has 0 unspecified atom stereocenters. The van der Waals surface area contributed by atoms with E-state index < -0.39 is 0 Å². The maximum absolute atomic E-state index is 5.92. The maximum Gasteiger partial charge on any atom is 0.228 e. The first-order valence-corrected chi connectivity index (χ1v) is 10.1. The number of piperazine rings is 1. The van der Waals surface area contributed by atoms with Crippen molar-refractivity contribution in [3.8, 4) is 5.75 Å². The number of benzene rings is 2. The van der Waals surface area contributed by atoms with Crippen LogP contribution in [0.25, 0.3) is 0 Å². The van der Waals surface area contributed by atoms with Crippen LogP contribution in [0, 0.1) is 0 Å². The number of aromatic nitrogens is 3. The Hall–Kier alpha value is -3.39. The van der Waals surface area contributed by atoms with Gasteiger partial charge in [0.1, 0.15) is 11.6 Å². The van der Waals surface area contributed by atoms with Crippen molar-refractivity contribution in [3.05, 3.63) is 66.0 Å². The van der Waals surface area contributed by atoms with Crippen LogP contribution in [0.5, 0.6) is 5.75 Å². The largest absolute Gasteiger partial charge is 0.497 e. The molecule has 0 atom stereocenters. The van der Waals surface area contributed by atoms with Crippen molar-refractivity contribution in [1.82, 2.24) is 19.9 Å². The quantitative estimate of drug-likeness (QED) is 0.619. The topological polar surface area (TPSA) is 92.4 Å². The normalized spacial score (nSPS) is 14.5. The van der Waals surface area contributed by atoms with Crippen LogP contribution in [0.2, 0.25) is 0 Å². The highest BCUT2D eigenvalue weighted by atomic mass is 16.5. The van der Waals surface area contributed by atoms with Gasteiger partial charge in [-0.1, -0.05) is 36.4 Å². The molecule has 2 heterocycles. The van der Waals surface area contributed by atoms with E-state index in [1.165, 1.54) is 5.69 Å². The van der Waals surface area contributed by atoms with Gasteiger partial charge >= 0.3 is 0 Å². The number of nitrogens with two attached hydrogens (primary N) is 1. The number of ether oxygens (including phenoxy) is 1. The van der Waals surface area contributed by atoms with Gasteiger partial charge in [-0.2, -0.15) is 15.0 Å². The van der Waals surface area contributed by atoms with Crippen molar-refractivity contribution >= 4 is 17.6 Å². The van der Waals surface area contributed by atoms with Crippen LogP contribution >= 0.6 is 0 Å². The third-order valence-corrected chi connectivity index (χ3v) is 5.15. The molecule has 4 rings (SSSR count). The van der Waals surface area contributed by atoms with Gasteiger partial charge < -0.3 is 20.7 Å². The van der Waals surface area contributed by atoms with Crippen LogP contribution in [-0.2, 0) is 13.1 Å². The predicted molar refractivity (Wildman–Crippen MR) is 118 cm³/mol. The highest BCUT2D eigenvalue weighted by molar-refractivity contribution is 5.51. The minimum Gasteiger partial charge on any atom is -0.497 e. The highest BCUT2D eigenvalue weighted by Gasteiger charge is 2.19. The molecule has 8 nitrogen and oxygen atoms in total. The van der Waals surface area contributed by atoms with Gasteiger partial charge in [-0.05, 0) is 17.7 Å². The van der Waals surface area contributed by atoms with E-state index in [1.807, 2.05) is 30.3 Å². The van der Waals surface area contributed by atoms with Gasteiger partial charge in [0, 0.05) is 44.5 Å². The molecule has 1 saturated heterocycles. The molecule has 0 aliphatic carbocycles. The minimum absolute atomic E-state index is 0.241. The van der Waals surface area contributed by atoms with Gasteiger partial charge in [-0.3, -0.25) is 4.90 Å². The first-order chi connectivity index (χ1) is 14.7. The molecule has 1 aliphatic rings. The van der Waals surface area contributed by atoms with E-state index in [0.717, 1.165) is 37.5 Å². The molecular weight excluding hydrogens is 378 g/mol. The lowest BCUT2D eigenvalue weighted by Crippen LogP contribution is -2.46. The number of hydrogen-bond acceptors (Lipinski definition) is 8. The van der Waals surface area contributed by atoms with Crippen LogP contribution in [0.4, 0.5) is 17.6 Å². The van der Waals surface area contributed by atoms with Crippen LogP contribution in [-0.4, -0.2) is 53.1 Å². The molecule has 156 valence electrons. The molecule has 0 amide bonds. The molecule has 0 bridgehead atoms. The zero-order valence-corrected chi connectivity index (χ0v) is 17.2. The summed E-state index contributed by atoms with van der Waals surface area (Å²) in [5, 5.41) is 3.24. The van der Waals surface area contributed by atoms with Crippen molar-refractivity contribution in [2.45, 2.75) is 13.1 Å². The molecule has 8 heteroatoms. The van der Waals surface area contributed by atoms with Crippen molar-refractivity contribution in [2.75, 3.05) is 49.2 Å². The van der Waals surface area contributed by atoms with E-state index in [9.17, 15) is 0 Å². The summed E-state index contributed by atoms with van der Waals surface area (Å²) in [4.78, 5) is 17.8. The summed E-state index contributed by atoms with van der Waals surface area (Å²) in [7, 11) is 1.69. The van der Waals surface area contributed by atoms with Gasteiger partial charge in [0.2, 0.25) is 11.9 Å². The van der Waals surface area contributed by atoms with E-state index in [-0.39, 0.29) is 5.95 Å². The van der Waals surface area contributed by atoms with E-state index in [2.05, 4.69) is 54.3 Å². The fourth-order valence-electron chi connectivity index (χ4n) is 3.54. The monoisotopic (exact) mass is 405 g/mol. The first-order valence-electron chi connectivity index (χ1n) is 10.1. The third kappa shape index (κ3) is 5.15. The molecule has 2 aromatic carbocycles. The average molecular weight is 406 g/mol. The van der Waals surface area contributed by atoms with Crippen LogP contribution in [0.15, 0.2) is 54.6 Å². The van der Waals surface area contributed by atoms with E-state index in [0.29, 0.717) is 24.9 Å². The lowest BCUT2D eigenvalue weighted by Gasteiger charge is -2.35. The zero-order chi connectivity index (χ0) is 20.8.